The van der Waals surface area contributed by atoms with Crippen LogP contribution in [-0.2, 0) is 23.9 Å². The monoisotopic (exact) mass is 515 g/mol. The van der Waals surface area contributed by atoms with E-state index in [0.29, 0.717) is 36.4 Å². The lowest BCUT2D eigenvalue weighted by molar-refractivity contribution is -0.147. The third-order valence-corrected chi connectivity index (χ3v) is 8.19. The molecule has 1 aromatic carbocycles. The highest BCUT2D eigenvalue weighted by Crippen LogP contribution is 2.39. The van der Waals surface area contributed by atoms with E-state index in [9.17, 15) is 19.2 Å². The number of likely N-dealkylation sites (tertiary alicyclic amines) is 1. The number of esters is 1. The molecule has 0 aromatic heterocycles. The number of carboxylic acids is 1. The maximum absolute atomic E-state index is 12.6. The number of aliphatic carboxylic acids is 1. The molecule has 2 rings (SSSR count). The molecule has 1 aliphatic heterocycles. The number of halogens is 1. The second kappa shape index (κ2) is 13.6. The van der Waals surface area contributed by atoms with Crippen molar-refractivity contribution in [3.05, 3.63) is 46.5 Å². The molecule has 0 saturated carbocycles. The molecule has 0 spiro atoms. The Kier molecular flexibility index (Phi) is 11.2. The molecule has 33 heavy (non-hydrogen) atoms. The lowest BCUT2D eigenvalue weighted by atomic mass is 9.98. The van der Waals surface area contributed by atoms with Crippen LogP contribution in [0.15, 0.2) is 35.9 Å². The van der Waals surface area contributed by atoms with Gasteiger partial charge >= 0.3 is 11.9 Å². The molecule has 4 N–H and O–H groups in total. The number of aldehydes is 1. The number of rotatable bonds is 11. The van der Waals surface area contributed by atoms with Crippen LogP contribution >= 0.6 is 33.2 Å². The normalized spacial score (nSPS) is 19.5. The van der Waals surface area contributed by atoms with Gasteiger partial charge in [-0.3, -0.25) is 19.3 Å². The Bertz CT molecular complexity index is 901. The van der Waals surface area contributed by atoms with Crippen LogP contribution in [0.1, 0.15) is 18.0 Å². The van der Waals surface area contributed by atoms with Crippen molar-refractivity contribution in [2.24, 2.45) is 5.73 Å². The second-order valence-electron chi connectivity index (χ2n) is 7.17. The van der Waals surface area contributed by atoms with Gasteiger partial charge in [-0.15, -0.1) is 0 Å². The fourth-order valence-corrected chi connectivity index (χ4v) is 6.39. The zero-order valence-electron chi connectivity index (χ0n) is 17.9. The summed E-state index contributed by atoms with van der Waals surface area (Å²) < 4.78 is 5.02. The molecule has 1 heterocycles. The molecule has 1 aromatic rings. The van der Waals surface area contributed by atoms with E-state index in [1.54, 1.807) is 24.3 Å². The molecule has 0 bridgehead atoms. The minimum atomic E-state index is -1.14. The largest absolute Gasteiger partial charge is 0.480 e. The molecule has 0 aliphatic carbocycles. The van der Waals surface area contributed by atoms with Crippen LogP contribution in [0.4, 0.5) is 0 Å². The van der Waals surface area contributed by atoms with E-state index in [2.05, 4.69) is 5.32 Å². The quantitative estimate of drug-likeness (QED) is 0.172. The number of methoxy groups -OCH3 is 1. The predicted molar refractivity (Wildman–Crippen MR) is 129 cm³/mol. The molecule has 3 atom stereocenters. The van der Waals surface area contributed by atoms with Crippen molar-refractivity contribution in [3.63, 3.8) is 0 Å². The maximum Gasteiger partial charge on any atom is 0.327 e. The van der Waals surface area contributed by atoms with Gasteiger partial charge in [-0.05, 0) is 29.7 Å². The summed E-state index contributed by atoms with van der Waals surface area (Å²) in [5.41, 5.74) is 7.29. The van der Waals surface area contributed by atoms with Gasteiger partial charge in [-0.25, -0.2) is 4.79 Å². The number of carbonyl (C=O) groups is 4. The van der Waals surface area contributed by atoms with Gasteiger partial charge in [-0.2, -0.15) is 0 Å². The lowest BCUT2D eigenvalue weighted by Gasteiger charge is -2.37. The van der Waals surface area contributed by atoms with Crippen LogP contribution in [0.5, 0.6) is 0 Å². The van der Waals surface area contributed by atoms with Gasteiger partial charge in [-0.1, -0.05) is 51.4 Å². The first-order valence-electron chi connectivity index (χ1n) is 10.0. The average Bonchev–Trinajstić information content (AvgIpc) is 2.80. The highest BCUT2D eigenvalue weighted by Gasteiger charge is 2.35. The summed E-state index contributed by atoms with van der Waals surface area (Å²) in [5, 5.41) is 11.3. The Hall–Kier alpha value is -2.05. The predicted octanol–water partition coefficient (Wildman–Crippen LogP) is 1.66. The van der Waals surface area contributed by atoms with E-state index in [1.807, 2.05) is 4.90 Å². The van der Waals surface area contributed by atoms with Gasteiger partial charge < -0.3 is 20.9 Å². The maximum atomic E-state index is 12.6. The standard InChI is InChI=1S/C21H26ClN3O6S2/c1-31-21(30)19(14-4-2-3-5-15(14)22)25-8-6-17(13(11-25)7-9-26)33-32-12-16(23)20(29)24-10-18(27)28/h2-5,7,9,16-17,19H,6,8,10-12,23H2,1H3,(H,24,29)(H,27,28)/b13-7-. The van der Waals surface area contributed by atoms with Gasteiger partial charge in [0.15, 0.2) is 0 Å². The van der Waals surface area contributed by atoms with Crippen molar-refractivity contribution in [3.8, 4) is 0 Å². The number of carboxylic acid groups (broad SMARTS) is 1. The Morgan fingerprint density at radius 3 is 2.76 bits per heavy atom. The minimum absolute atomic E-state index is 0.0183. The Labute approximate surface area is 204 Å². The van der Waals surface area contributed by atoms with Gasteiger partial charge in [0.05, 0.1) is 13.2 Å². The van der Waals surface area contributed by atoms with Crippen LogP contribution in [-0.4, -0.2) is 77.9 Å². The summed E-state index contributed by atoms with van der Waals surface area (Å²) in [6, 6.07) is 5.51. The number of nitrogens with two attached hydrogens (primary N) is 1. The fourth-order valence-electron chi connectivity index (χ4n) is 3.31. The number of allylic oxidation sites excluding steroid dienone is 1. The highest BCUT2D eigenvalue weighted by molar-refractivity contribution is 8.77. The Balaban J connectivity index is 2.03. The van der Waals surface area contributed by atoms with Crippen molar-refractivity contribution in [2.75, 3.05) is 32.5 Å². The van der Waals surface area contributed by atoms with Gasteiger partial charge in [0.25, 0.3) is 0 Å². The molecule has 1 fully saturated rings. The summed E-state index contributed by atoms with van der Waals surface area (Å²) in [6.07, 6.45) is 2.85. The average molecular weight is 516 g/mol. The molecule has 1 saturated heterocycles. The highest BCUT2D eigenvalue weighted by atomic mass is 35.5. The first-order chi connectivity index (χ1) is 15.8. The fraction of sp³-hybridized carbons (Fsp3) is 0.429. The van der Waals surface area contributed by atoms with E-state index in [0.717, 1.165) is 5.57 Å². The number of nitrogens with zero attached hydrogens (tertiary/aromatic N) is 1. The lowest BCUT2D eigenvalue weighted by Crippen LogP contribution is -2.44. The van der Waals surface area contributed by atoms with Crippen molar-refractivity contribution in [1.29, 1.82) is 0 Å². The molecular weight excluding hydrogens is 490 g/mol. The number of carbonyl (C=O) groups excluding carboxylic acids is 3. The third kappa shape index (κ3) is 8.04. The summed E-state index contributed by atoms with van der Waals surface area (Å²) in [4.78, 5) is 48.2. The first kappa shape index (κ1) is 27.2. The molecule has 12 heteroatoms. The molecule has 180 valence electrons. The van der Waals surface area contributed by atoms with Crippen molar-refractivity contribution >= 4 is 57.3 Å². The number of nitrogens with one attached hydrogen (secondary N) is 1. The molecule has 3 unspecified atom stereocenters. The van der Waals surface area contributed by atoms with E-state index in [1.165, 1.54) is 34.8 Å². The van der Waals surface area contributed by atoms with Crippen LogP contribution in [0.2, 0.25) is 5.02 Å². The zero-order chi connectivity index (χ0) is 24.4. The number of benzene rings is 1. The SMILES string of the molecule is COC(=O)C(c1ccccc1Cl)N1CCC(SSCC(N)C(=O)NCC(=O)O)/C(=C\C=O)C1. The van der Waals surface area contributed by atoms with E-state index in [4.69, 9.17) is 27.2 Å². The van der Waals surface area contributed by atoms with E-state index < -0.39 is 36.5 Å². The van der Waals surface area contributed by atoms with Crippen molar-refractivity contribution < 1.29 is 29.0 Å². The number of ether oxygens (including phenoxy) is 1. The summed E-state index contributed by atoms with van der Waals surface area (Å²) in [5.74, 6) is -1.85. The topological polar surface area (TPSA) is 139 Å². The Morgan fingerprint density at radius 1 is 1.39 bits per heavy atom. The minimum Gasteiger partial charge on any atom is -0.480 e. The van der Waals surface area contributed by atoms with Crippen molar-refractivity contribution in [2.45, 2.75) is 23.8 Å². The molecule has 1 aliphatic rings. The van der Waals surface area contributed by atoms with E-state index >= 15 is 0 Å². The van der Waals surface area contributed by atoms with Crippen LogP contribution in [0.25, 0.3) is 0 Å². The van der Waals surface area contributed by atoms with Gasteiger partial charge in [0, 0.05) is 29.1 Å². The summed E-state index contributed by atoms with van der Waals surface area (Å²) in [7, 11) is 4.18. The summed E-state index contributed by atoms with van der Waals surface area (Å²) >= 11 is 6.34. The molecule has 9 nitrogen and oxygen atoms in total. The van der Waals surface area contributed by atoms with Crippen LogP contribution < -0.4 is 11.1 Å². The summed E-state index contributed by atoms with van der Waals surface area (Å²) in [6.45, 7) is 0.444. The van der Waals surface area contributed by atoms with Crippen molar-refractivity contribution in [1.82, 2.24) is 10.2 Å². The molecule has 0 radical (unpaired) electrons. The van der Waals surface area contributed by atoms with Crippen LogP contribution in [0.3, 0.4) is 0 Å². The number of piperidine rings is 1. The first-order valence-corrected chi connectivity index (χ1v) is 12.8. The molecule has 1 amide bonds. The molecular formula is C21H26ClN3O6S2. The third-order valence-electron chi connectivity index (χ3n) is 4.93. The number of hydrogen-bond donors (Lipinski definition) is 3. The number of amides is 1. The smallest absolute Gasteiger partial charge is 0.327 e. The Morgan fingerprint density at radius 2 is 2.12 bits per heavy atom. The second-order valence-corrected chi connectivity index (χ2v) is 10.2. The van der Waals surface area contributed by atoms with E-state index in [-0.39, 0.29) is 11.0 Å². The van der Waals surface area contributed by atoms with Gasteiger partial charge in [0.1, 0.15) is 18.9 Å². The van der Waals surface area contributed by atoms with Gasteiger partial charge in [0.2, 0.25) is 5.91 Å². The number of hydrogen-bond acceptors (Lipinski definition) is 9. The zero-order valence-corrected chi connectivity index (χ0v) is 20.3. The van der Waals surface area contributed by atoms with Crippen LogP contribution in [0, 0.1) is 0 Å².